The molecule has 0 heterocycles. The fourth-order valence-electron chi connectivity index (χ4n) is 1.60. The van der Waals surface area contributed by atoms with Crippen LogP contribution in [0.5, 0.6) is 0 Å². The van der Waals surface area contributed by atoms with E-state index in [1.54, 1.807) is 6.07 Å². The highest BCUT2D eigenvalue weighted by atomic mass is 32.2. The van der Waals surface area contributed by atoms with E-state index in [4.69, 9.17) is 6.42 Å². The summed E-state index contributed by atoms with van der Waals surface area (Å²) in [4.78, 5) is -0.429. The van der Waals surface area contributed by atoms with Crippen LogP contribution in [0.1, 0.15) is 19.8 Å². The summed E-state index contributed by atoms with van der Waals surface area (Å²) in [6.45, 7) is 1.92. The van der Waals surface area contributed by atoms with Gasteiger partial charge < -0.3 is 5.32 Å². The van der Waals surface area contributed by atoms with E-state index >= 15 is 0 Å². The SMILES string of the molecule is C#CC(CCC)Nc1ccccc1S(=O)(=O)C(F)F. The maximum Gasteiger partial charge on any atom is 0.341 e. The Labute approximate surface area is 111 Å². The number of hydrogen-bond acceptors (Lipinski definition) is 3. The van der Waals surface area contributed by atoms with Crippen LogP contribution in [0.4, 0.5) is 14.5 Å². The molecule has 0 fully saturated rings. The summed E-state index contributed by atoms with van der Waals surface area (Å²) >= 11 is 0. The molecule has 0 amide bonds. The van der Waals surface area contributed by atoms with Gasteiger partial charge in [0.25, 0.3) is 0 Å². The largest absolute Gasteiger partial charge is 0.371 e. The Hall–Kier alpha value is -1.61. The number of alkyl halides is 2. The summed E-state index contributed by atoms with van der Waals surface area (Å²) in [5, 5.41) is 2.81. The van der Waals surface area contributed by atoms with Crippen molar-refractivity contribution in [3.63, 3.8) is 0 Å². The van der Waals surface area contributed by atoms with Crippen LogP contribution in [0.25, 0.3) is 0 Å². The van der Waals surface area contributed by atoms with Gasteiger partial charge in [0.1, 0.15) is 0 Å². The van der Waals surface area contributed by atoms with Gasteiger partial charge in [-0.15, -0.1) is 6.42 Å². The van der Waals surface area contributed by atoms with E-state index < -0.39 is 20.5 Å². The lowest BCUT2D eigenvalue weighted by molar-refractivity contribution is 0.235. The molecule has 0 spiro atoms. The molecule has 0 aliphatic carbocycles. The van der Waals surface area contributed by atoms with Crippen molar-refractivity contribution in [2.24, 2.45) is 0 Å². The first-order valence-electron chi connectivity index (χ1n) is 5.77. The van der Waals surface area contributed by atoms with Crippen molar-refractivity contribution in [2.75, 3.05) is 5.32 Å². The maximum atomic E-state index is 12.6. The molecule has 3 nitrogen and oxygen atoms in total. The zero-order chi connectivity index (χ0) is 14.5. The minimum atomic E-state index is -4.64. The minimum absolute atomic E-state index is 0.110. The quantitative estimate of drug-likeness (QED) is 0.818. The lowest BCUT2D eigenvalue weighted by atomic mass is 10.1. The topological polar surface area (TPSA) is 46.2 Å². The van der Waals surface area contributed by atoms with E-state index in [0.717, 1.165) is 12.5 Å². The average molecular weight is 287 g/mol. The summed E-state index contributed by atoms with van der Waals surface area (Å²) in [5.41, 5.74) is 0.110. The molecule has 0 saturated carbocycles. The van der Waals surface area contributed by atoms with E-state index in [-0.39, 0.29) is 11.7 Å². The maximum absolute atomic E-state index is 12.6. The van der Waals surface area contributed by atoms with Crippen LogP contribution in [0.2, 0.25) is 0 Å². The van der Waals surface area contributed by atoms with E-state index in [9.17, 15) is 17.2 Å². The fourth-order valence-corrected chi connectivity index (χ4v) is 2.50. The lowest BCUT2D eigenvalue weighted by Crippen LogP contribution is -2.20. The number of hydrogen-bond donors (Lipinski definition) is 1. The lowest BCUT2D eigenvalue weighted by Gasteiger charge is -2.16. The summed E-state index contributed by atoms with van der Waals surface area (Å²) in [6.07, 6.45) is 6.74. The molecule has 0 aromatic heterocycles. The van der Waals surface area contributed by atoms with Crippen molar-refractivity contribution >= 4 is 15.5 Å². The van der Waals surface area contributed by atoms with Gasteiger partial charge in [-0.3, -0.25) is 0 Å². The van der Waals surface area contributed by atoms with E-state index in [0.29, 0.717) is 6.42 Å². The number of benzene rings is 1. The first-order chi connectivity index (χ1) is 8.93. The highest BCUT2D eigenvalue weighted by Gasteiger charge is 2.29. The second kappa shape index (κ2) is 6.53. The number of terminal acetylenes is 1. The van der Waals surface area contributed by atoms with Crippen molar-refractivity contribution in [3.05, 3.63) is 24.3 Å². The van der Waals surface area contributed by atoms with Crippen LogP contribution in [-0.4, -0.2) is 20.2 Å². The molecule has 1 unspecified atom stereocenters. The van der Waals surface area contributed by atoms with Gasteiger partial charge in [0, 0.05) is 0 Å². The average Bonchev–Trinajstić information content (AvgIpc) is 2.38. The second-order valence-corrected chi connectivity index (χ2v) is 5.84. The van der Waals surface area contributed by atoms with Gasteiger partial charge in [-0.05, 0) is 18.6 Å². The van der Waals surface area contributed by atoms with E-state index in [2.05, 4.69) is 11.2 Å². The predicted octanol–water partition coefficient (Wildman–Crippen LogP) is 2.90. The number of halogens is 2. The molecule has 1 N–H and O–H groups in total. The molecule has 0 radical (unpaired) electrons. The summed E-state index contributed by atoms with van der Waals surface area (Å²) in [5.74, 6) is -0.987. The van der Waals surface area contributed by atoms with Crippen LogP contribution in [0.3, 0.4) is 0 Å². The molecular weight excluding hydrogens is 272 g/mol. The standard InChI is InChI=1S/C13H15F2NO2S/c1-3-7-10(4-2)16-11-8-5-6-9-12(11)19(17,18)13(14)15/h2,5-6,8-10,13,16H,3,7H2,1H3. The van der Waals surface area contributed by atoms with Gasteiger partial charge in [0.05, 0.1) is 16.6 Å². The van der Waals surface area contributed by atoms with Crippen LogP contribution in [-0.2, 0) is 9.84 Å². The smallest absolute Gasteiger partial charge is 0.341 e. The second-order valence-electron chi connectivity index (χ2n) is 3.95. The highest BCUT2D eigenvalue weighted by molar-refractivity contribution is 7.91. The van der Waals surface area contributed by atoms with Gasteiger partial charge in [-0.25, -0.2) is 8.42 Å². The zero-order valence-electron chi connectivity index (χ0n) is 10.4. The first kappa shape index (κ1) is 15.4. The van der Waals surface area contributed by atoms with Crippen molar-refractivity contribution in [1.29, 1.82) is 0 Å². The molecule has 6 heteroatoms. The predicted molar refractivity (Wildman–Crippen MR) is 70.8 cm³/mol. The Balaban J connectivity index is 3.14. The number of sulfone groups is 1. The highest BCUT2D eigenvalue weighted by Crippen LogP contribution is 2.26. The fraction of sp³-hybridized carbons (Fsp3) is 0.385. The molecule has 0 bridgehead atoms. The van der Waals surface area contributed by atoms with Gasteiger partial charge in [-0.1, -0.05) is 31.4 Å². The molecule has 104 valence electrons. The van der Waals surface area contributed by atoms with Crippen LogP contribution >= 0.6 is 0 Å². The summed E-state index contributed by atoms with van der Waals surface area (Å²) in [7, 11) is -4.64. The Morgan fingerprint density at radius 2 is 2.00 bits per heavy atom. The zero-order valence-corrected chi connectivity index (χ0v) is 11.3. The third kappa shape index (κ3) is 3.67. The normalized spacial score (nSPS) is 13.0. The Morgan fingerprint density at radius 1 is 1.37 bits per heavy atom. The molecule has 0 saturated heterocycles. The van der Waals surface area contributed by atoms with Gasteiger partial charge in [-0.2, -0.15) is 8.78 Å². The molecule has 1 rings (SSSR count). The Morgan fingerprint density at radius 3 is 2.53 bits per heavy atom. The molecule has 0 aliphatic heterocycles. The number of rotatable bonds is 6. The van der Waals surface area contributed by atoms with Crippen molar-refractivity contribution in [3.8, 4) is 12.3 Å². The summed E-state index contributed by atoms with van der Waals surface area (Å²) in [6, 6.07) is 5.13. The van der Waals surface area contributed by atoms with Gasteiger partial charge in [0.2, 0.25) is 9.84 Å². The number of nitrogens with one attached hydrogen (secondary N) is 1. The van der Waals surface area contributed by atoms with Gasteiger partial charge >= 0.3 is 5.76 Å². The van der Waals surface area contributed by atoms with Crippen LogP contribution in [0.15, 0.2) is 29.2 Å². The Bertz CT molecular complexity index is 564. The molecule has 1 aromatic carbocycles. The van der Waals surface area contributed by atoms with E-state index in [1.807, 2.05) is 6.92 Å². The van der Waals surface area contributed by atoms with E-state index in [1.165, 1.54) is 12.1 Å². The molecule has 0 aliphatic rings. The van der Waals surface area contributed by atoms with Crippen molar-refractivity contribution in [1.82, 2.24) is 0 Å². The Kier molecular flexibility index (Phi) is 5.31. The minimum Gasteiger partial charge on any atom is -0.371 e. The third-order valence-corrected chi connectivity index (χ3v) is 3.97. The number of anilines is 1. The van der Waals surface area contributed by atoms with Crippen molar-refractivity contribution < 1.29 is 17.2 Å². The van der Waals surface area contributed by atoms with Crippen LogP contribution in [0, 0.1) is 12.3 Å². The molecule has 1 aromatic rings. The summed E-state index contributed by atoms with van der Waals surface area (Å²) < 4.78 is 48.3. The molecule has 1 atom stereocenters. The monoisotopic (exact) mass is 287 g/mol. The first-order valence-corrected chi connectivity index (χ1v) is 7.31. The third-order valence-electron chi connectivity index (χ3n) is 2.54. The molecular formula is C13H15F2NO2S. The molecule has 19 heavy (non-hydrogen) atoms. The van der Waals surface area contributed by atoms with Crippen LogP contribution < -0.4 is 5.32 Å². The van der Waals surface area contributed by atoms with Gasteiger partial charge in [0.15, 0.2) is 0 Å². The van der Waals surface area contributed by atoms with Crippen molar-refractivity contribution in [2.45, 2.75) is 36.5 Å². The number of para-hydroxylation sites is 1.